The quantitative estimate of drug-likeness (QED) is 0.864. The smallest absolute Gasteiger partial charge is 0.153 e. The lowest BCUT2D eigenvalue weighted by Crippen LogP contribution is -2.18. The molecule has 2 unspecified atom stereocenters. The maximum absolute atomic E-state index is 5.85. The highest BCUT2D eigenvalue weighted by Crippen LogP contribution is 2.38. The standard InChI is InChI=1S/C14H24N4/c15-9-11-7-4-8-12(11)14-16-13(17-18-14)10-5-2-1-3-6-10/h10-12H,1-9,15H2,(H,16,17,18). The minimum absolute atomic E-state index is 0.528. The molecule has 0 aromatic carbocycles. The van der Waals surface area contributed by atoms with Gasteiger partial charge in [0.1, 0.15) is 5.82 Å². The van der Waals surface area contributed by atoms with Gasteiger partial charge in [0, 0.05) is 11.8 Å². The number of rotatable bonds is 3. The van der Waals surface area contributed by atoms with Crippen LogP contribution < -0.4 is 5.73 Å². The number of aromatic nitrogens is 3. The Morgan fingerprint density at radius 3 is 2.67 bits per heavy atom. The van der Waals surface area contributed by atoms with Crippen molar-refractivity contribution in [1.29, 1.82) is 0 Å². The predicted molar refractivity (Wildman–Crippen MR) is 71.3 cm³/mol. The van der Waals surface area contributed by atoms with Crippen molar-refractivity contribution in [2.45, 2.75) is 63.2 Å². The lowest BCUT2D eigenvalue weighted by atomic mass is 9.89. The van der Waals surface area contributed by atoms with Crippen molar-refractivity contribution in [1.82, 2.24) is 15.2 Å². The summed E-state index contributed by atoms with van der Waals surface area (Å²) in [5.74, 6) is 3.90. The number of nitrogens with zero attached hydrogens (tertiary/aromatic N) is 2. The molecule has 2 aliphatic carbocycles. The fourth-order valence-corrected chi connectivity index (χ4v) is 3.68. The molecule has 0 saturated heterocycles. The third kappa shape index (κ3) is 2.30. The van der Waals surface area contributed by atoms with E-state index in [-0.39, 0.29) is 0 Å². The number of hydrogen-bond acceptors (Lipinski definition) is 3. The second kappa shape index (κ2) is 5.39. The molecule has 1 heterocycles. The molecule has 0 bridgehead atoms. The van der Waals surface area contributed by atoms with Crippen LogP contribution in [0.25, 0.3) is 0 Å². The van der Waals surface area contributed by atoms with E-state index in [1.807, 2.05) is 0 Å². The van der Waals surface area contributed by atoms with E-state index in [4.69, 9.17) is 10.7 Å². The Morgan fingerprint density at radius 2 is 1.89 bits per heavy atom. The SMILES string of the molecule is NCC1CCCC1c1nc(C2CCCCC2)n[nH]1. The Balaban J connectivity index is 1.72. The average Bonchev–Trinajstić information content (AvgIpc) is 3.08. The molecule has 0 spiro atoms. The zero-order valence-corrected chi connectivity index (χ0v) is 11.1. The highest BCUT2D eigenvalue weighted by atomic mass is 15.2. The van der Waals surface area contributed by atoms with Crippen molar-refractivity contribution in [2.75, 3.05) is 6.54 Å². The fourth-order valence-electron chi connectivity index (χ4n) is 3.68. The monoisotopic (exact) mass is 248 g/mol. The van der Waals surface area contributed by atoms with Gasteiger partial charge in [-0.25, -0.2) is 4.98 Å². The summed E-state index contributed by atoms with van der Waals surface area (Å²) in [5, 5.41) is 7.67. The van der Waals surface area contributed by atoms with Crippen LogP contribution in [0.2, 0.25) is 0 Å². The van der Waals surface area contributed by atoms with Gasteiger partial charge in [0.2, 0.25) is 0 Å². The average molecular weight is 248 g/mol. The van der Waals surface area contributed by atoms with E-state index in [2.05, 4.69) is 10.2 Å². The van der Waals surface area contributed by atoms with E-state index >= 15 is 0 Å². The predicted octanol–water partition coefficient (Wildman–Crippen LogP) is 2.69. The van der Waals surface area contributed by atoms with E-state index in [9.17, 15) is 0 Å². The second-order valence-corrected chi connectivity index (χ2v) is 5.95. The summed E-state index contributed by atoms with van der Waals surface area (Å²) in [6.07, 6.45) is 10.3. The van der Waals surface area contributed by atoms with Crippen molar-refractivity contribution in [3.63, 3.8) is 0 Å². The van der Waals surface area contributed by atoms with Gasteiger partial charge in [-0.15, -0.1) is 0 Å². The molecule has 1 aromatic rings. The van der Waals surface area contributed by atoms with Gasteiger partial charge in [0.15, 0.2) is 5.82 Å². The molecule has 0 aliphatic heterocycles. The molecule has 3 N–H and O–H groups in total. The van der Waals surface area contributed by atoms with Gasteiger partial charge >= 0.3 is 0 Å². The maximum atomic E-state index is 5.85. The Labute approximate surface area is 109 Å². The number of hydrogen-bond donors (Lipinski definition) is 2. The molecule has 2 fully saturated rings. The zero-order valence-electron chi connectivity index (χ0n) is 11.1. The molecule has 0 radical (unpaired) electrons. The van der Waals surface area contributed by atoms with Crippen LogP contribution in [0.3, 0.4) is 0 Å². The first-order chi connectivity index (χ1) is 8.88. The number of H-pyrrole nitrogens is 1. The number of nitrogens with two attached hydrogens (primary N) is 1. The van der Waals surface area contributed by atoms with E-state index in [0.717, 1.165) is 18.2 Å². The summed E-state index contributed by atoms with van der Waals surface area (Å²) < 4.78 is 0. The Morgan fingerprint density at radius 1 is 1.06 bits per heavy atom. The first-order valence-corrected chi connectivity index (χ1v) is 7.50. The van der Waals surface area contributed by atoms with Crippen LogP contribution in [0.5, 0.6) is 0 Å². The molecule has 100 valence electrons. The molecule has 1 aromatic heterocycles. The largest absolute Gasteiger partial charge is 0.330 e. The van der Waals surface area contributed by atoms with Gasteiger partial charge in [0.25, 0.3) is 0 Å². The van der Waals surface area contributed by atoms with Crippen LogP contribution in [0.4, 0.5) is 0 Å². The zero-order chi connectivity index (χ0) is 12.4. The first-order valence-electron chi connectivity index (χ1n) is 7.50. The van der Waals surface area contributed by atoms with Crippen LogP contribution in [-0.2, 0) is 0 Å². The normalized spacial score (nSPS) is 29.8. The molecule has 2 aliphatic rings. The number of aromatic amines is 1. The molecule has 2 atom stereocenters. The molecular weight excluding hydrogens is 224 g/mol. The molecule has 2 saturated carbocycles. The Bertz CT molecular complexity index is 381. The van der Waals surface area contributed by atoms with Gasteiger partial charge in [-0.05, 0) is 38.1 Å². The summed E-state index contributed by atoms with van der Waals surface area (Å²) in [6, 6.07) is 0. The molecule has 4 nitrogen and oxygen atoms in total. The van der Waals surface area contributed by atoms with Gasteiger partial charge in [-0.2, -0.15) is 5.10 Å². The maximum Gasteiger partial charge on any atom is 0.153 e. The highest BCUT2D eigenvalue weighted by molar-refractivity contribution is 5.06. The van der Waals surface area contributed by atoms with Crippen LogP contribution in [-0.4, -0.2) is 21.7 Å². The summed E-state index contributed by atoms with van der Waals surface area (Å²) in [7, 11) is 0. The molecule has 4 heteroatoms. The summed E-state index contributed by atoms with van der Waals surface area (Å²) in [6.45, 7) is 0.782. The second-order valence-electron chi connectivity index (χ2n) is 5.95. The summed E-state index contributed by atoms with van der Waals surface area (Å²) >= 11 is 0. The minimum Gasteiger partial charge on any atom is -0.330 e. The molecule has 3 rings (SSSR count). The number of nitrogens with one attached hydrogen (secondary N) is 1. The molecule has 0 amide bonds. The van der Waals surface area contributed by atoms with Gasteiger partial charge in [-0.1, -0.05) is 25.7 Å². The van der Waals surface area contributed by atoms with Crippen LogP contribution >= 0.6 is 0 Å². The van der Waals surface area contributed by atoms with Crippen molar-refractivity contribution in [2.24, 2.45) is 11.7 Å². The lowest BCUT2D eigenvalue weighted by molar-refractivity contribution is 0.428. The van der Waals surface area contributed by atoms with Crippen LogP contribution in [0.15, 0.2) is 0 Å². The van der Waals surface area contributed by atoms with Crippen LogP contribution in [0.1, 0.15) is 74.9 Å². The van der Waals surface area contributed by atoms with E-state index in [1.165, 1.54) is 51.4 Å². The van der Waals surface area contributed by atoms with E-state index < -0.39 is 0 Å². The Hall–Kier alpha value is -0.900. The third-order valence-electron chi connectivity index (χ3n) is 4.80. The first kappa shape index (κ1) is 12.2. The molecular formula is C14H24N4. The topological polar surface area (TPSA) is 67.6 Å². The summed E-state index contributed by atoms with van der Waals surface area (Å²) in [4.78, 5) is 4.79. The van der Waals surface area contributed by atoms with E-state index in [1.54, 1.807) is 0 Å². The highest BCUT2D eigenvalue weighted by Gasteiger charge is 2.31. The van der Waals surface area contributed by atoms with Crippen molar-refractivity contribution < 1.29 is 0 Å². The minimum atomic E-state index is 0.528. The Kier molecular flexibility index (Phi) is 3.64. The van der Waals surface area contributed by atoms with Gasteiger partial charge in [0.05, 0.1) is 0 Å². The third-order valence-corrected chi connectivity index (χ3v) is 4.80. The van der Waals surface area contributed by atoms with Crippen molar-refractivity contribution >= 4 is 0 Å². The fraction of sp³-hybridized carbons (Fsp3) is 0.857. The van der Waals surface area contributed by atoms with Crippen LogP contribution in [0, 0.1) is 5.92 Å². The van der Waals surface area contributed by atoms with Crippen molar-refractivity contribution in [3.8, 4) is 0 Å². The van der Waals surface area contributed by atoms with Crippen molar-refractivity contribution in [3.05, 3.63) is 11.6 Å². The van der Waals surface area contributed by atoms with Gasteiger partial charge < -0.3 is 5.73 Å². The lowest BCUT2D eigenvalue weighted by Gasteiger charge is -2.18. The van der Waals surface area contributed by atoms with Gasteiger partial charge in [-0.3, -0.25) is 5.10 Å². The molecule has 18 heavy (non-hydrogen) atoms. The summed E-state index contributed by atoms with van der Waals surface area (Å²) in [5.41, 5.74) is 5.85. The van der Waals surface area contributed by atoms with E-state index in [0.29, 0.717) is 17.8 Å².